The van der Waals surface area contributed by atoms with Gasteiger partial charge in [0.25, 0.3) is 0 Å². The van der Waals surface area contributed by atoms with Gasteiger partial charge in [-0.15, -0.1) is 0 Å². The van der Waals surface area contributed by atoms with E-state index in [1.807, 2.05) is 29.2 Å². The molecular formula is C18H23NO4. The van der Waals surface area contributed by atoms with Crippen LogP contribution in [0.2, 0.25) is 0 Å². The van der Waals surface area contributed by atoms with Crippen molar-refractivity contribution < 1.29 is 19.1 Å². The van der Waals surface area contributed by atoms with Crippen molar-refractivity contribution in [3.8, 4) is 5.75 Å². The van der Waals surface area contributed by atoms with Gasteiger partial charge in [0, 0.05) is 19.0 Å². The van der Waals surface area contributed by atoms with Gasteiger partial charge < -0.3 is 14.4 Å². The standard InChI is InChI=1S/C18H23NO4/c1-22-14-5-3-12(4-6-14)15-11-16(15)17(20)19-9-7-13(8-10-19)18(21)23-2/h3-6,13,15-16H,7-11H2,1-2H3. The van der Waals surface area contributed by atoms with Gasteiger partial charge in [0.1, 0.15) is 5.75 Å². The van der Waals surface area contributed by atoms with Gasteiger partial charge in [0.05, 0.1) is 20.1 Å². The molecule has 1 saturated carbocycles. The second-order valence-electron chi connectivity index (χ2n) is 6.34. The molecule has 3 rings (SSSR count). The van der Waals surface area contributed by atoms with E-state index < -0.39 is 0 Å². The summed E-state index contributed by atoms with van der Waals surface area (Å²) in [5, 5.41) is 0. The van der Waals surface area contributed by atoms with Crippen LogP contribution in [0.3, 0.4) is 0 Å². The summed E-state index contributed by atoms with van der Waals surface area (Å²) in [6.07, 6.45) is 2.33. The number of likely N-dealkylation sites (tertiary alicyclic amines) is 1. The average Bonchev–Trinajstić information content (AvgIpc) is 3.41. The lowest BCUT2D eigenvalue weighted by molar-refractivity contribution is -0.149. The molecule has 0 bridgehead atoms. The maximum atomic E-state index is 12.6. The van der Waals surface area contributed by atoms with Crippen molar-refractivity contribution in [2.24, 2.45) is 11.8 Å². The van der Waals surface area contributed by atoms with Crippen LogP contribution < -0.4 is 4.74 Å². The molecule has 1 amide bonds. The molecule has 0 spiro atoms. The van der Waals surface area contributed by atoms with E-state index in [1.54, 1.807) is 7.11 Å². The van der Waals surface area contributed by atoms with Crippen LogP contribution in [0.5, 0.6) is 5.75 Å². The second kappa shape index (κ2) is 6.60. The van der Waals surface area contributed by atoms with Gasteiger partial charge in [-0.3, -0.25) is 9.59 Å². The fourth-order valence-corrected chi connectivity index (χ4v) is 3.42. The Labute approximate surface area is 136 Å². The molecule has 1 aromatic carbocycles. The largest absolute Gasteiger partial charge is 0.497 e. The third-order valence-corrected chi connectivity index (χ3v) is 4.99. The first kappa shape index (κ1) is 15.8. The third kappa shape index (κ3) is 3.33. The van der Waals surface area contributed by atoms with E-state index in [2.05, 4.69) is 0 Å². The fourth-order valence-electron chi connectivity index (χ4n) is 3.42. The number of methoxy groups -OCH3 is 2. The predicted molar refractivity (Wildman–Crippen MR) is 85.2 cm³/mol. The monoisotopic (exact) mass is 317 g/mol. The highest BCUT2D eigenvalue weighted by atomic mass is 16.5. The van der Waals surface area contributed by atoms with E-state index in [0.717, 1.165) is 12.2 Å². The molecule has 1 aromatic rings. The van der Waals surface area contributed by atoms with Crippen molar-refractivity contribution in [2.75, 3.05) is 27.3 Å². The summed E-state index contributed by atoms with van der Waals surface area (Å²) in [6.45, 7) is 1.31. The van der Waals surface area contributed by atoms with Crippen molar-refractivity contribution in [3.05, 3.63) is 29.8 Å². The lowest BCUT2D eigenvalue weighted by atomic mass is 9.96. The van der Waals surface area contributed by atoms with Gasteiger partial charge in [0.15, 0.2) is 0 Å². The molecule has 23 heavy (non-hydrogen) atoms. The van der Waals surface area contributed by atoms with Crippen molar-refractivity contribution >= 4 is 11.9 Å². The molecule has 2 fully saturated rings. The Kier molecular flexibility index (Phi) is 4.55. The number of hydrogen-bond donors (Lipinski definition) is 0. The highest BCUT2D eigenvalue weighted by Gasteiger charge is 2.46. The summed E-state index contributed by atoms with van der Waals surface area (Å²) in [5.41, 5.74) is 1.20. The maximum Gasteiger partial charge on any atom is 0.308 e. The zero-order valence-corrected chi connectivity index (χ0v) is 13.7. The quantitative estimate of drug-likeness (QED) is 0.799. The number of ether oxygens (including phenoxy) is 2. The van der Waals surface area contributed by atoms with Gasteiger partial charge >= 0.3 is 5.97 Å². The Morgan fingerprint density at radius 3 is 2.30 bits per heavy atom. The molecule has 2 unspecified atom stereocenters. The molecule has 5 heteroatoms. The van der Waals surface area contributed by atoms with Gasteiger partial charge in [-0.1, -0.05) is 12.1 Å². The number of piperidine rings is 1. The molecule has 0 radical (unpaired) electrons. The summed E-state index contributed by atoms with van der Waals surface area (Å²) in [7, 11) is 3.07. The van der Waals surface area contributed by atoms with Crippen LogP contribution in [-0.2, 0) is 14.3 Å². The van der Waals surface area contributed by atoms with Gasteiger partial charge in [-0.05, 0) is 42.9 Å². The number of carbonyl (C=O) groups excluding carboxylic acids is 2. The summed E-state index contributed by atoms with van der Waals surface area (Å²) < 4.78 is 9.95. The van der Waals surface area contributed by atoms with Gasteiger partial charge in [0.2, 0.25) is 5.91 Å². The van der Waals surface area contributed by atoms with Gasteiger partial charge in [-0.25, -0.2) is 0 Å². The van der Waals surface area contributed by atoms with Gasteiger partial charge in [-0.2, -0.15) is 0 Å². The number of esters is 1. The van der Waals surface area contributed by atoms with Crippen molar-refractivity contribution in [3.63, 3.8) is 0 Å². The Hall–Kier alpha value is -2.04. The molecule has 1 aliphatic carbocycles. The summed E-state index contributed by atoms with van der Waals surface area (Å²) in [6, 6.07) is 7.97. The second-order valence-corrected chi connectivity index (χ2v) is 6.34. The number of hydrogen-bond acceptors (Lipinski definition) is 4. The SMILES string of the molecule is COC(=O)C1CCN(C(=O)C2CC2c2ccc(OC)cc2)CC1. The Balaban J connectivity index is 1.53. The first-order valence-electron chi connectivity index (χ1n) is 8.14. The van der Waals surface area contributed by atoms with E-state index in [-0.39, 0.29) is 23.7 Å². The van der Waals surface area contributed by atoms with E-state index in [0.29, 0.717) is 31.8 Å². The molecule has 2 atom stereocenters. The van der Waals surface area contributed by atoms with Crippen LogP contribution in [0.1, 0.15) is 30.7 Å². The Bertz CT molecular complexity index is 575. The molecule has 2 aliphatic rings. The number of amides is 1. The van der Waals surface area contributed by atoms with Crippen molar-refractivity contribution in [1.82, 2.24) is 4.90 Å². The molecule has 1 aliphatic heterocycles. The minimum atomic E-state index is -0.153. The zero-order chi connectivity index (χ0) is 16.4. The topological polar surface area (TPSA) is 55.8 Å². The van der Waals surface area contributed by atoms with Crippen LogP contribution >= 0.6 is 0 Å². The lowest BCUT2D eigenvalue weighted by Gasteiger charge is -2.31. The Morgan fingerprint density at radius 1 is 1.09 bits per heavy atom. The first-order valence-corrected chi connectivity index (χ1v) is 8.14. The maximum absolute atomic E-state index is 12.6. The summed E-state index contributed by atoms with van der Waals surface area (Å²) in [4.78, 5) is 26.1. The molecule has 1 heterocycles. The van der Waals surface area contributed by atoms with Crippen LogP contribution in [-0.4, -0.2) is 44.1 Å². The molecule has 0 N–H and O–H groups in total. The summed E-state index contributed by atoms with van der Waals surface area (Å²) in [5.74, 6) is 1.28. The number of benzene rings is 1. The van der Waals surface area contributed by atoms with E-state index in [1.165, 1.54) is 12.7 Å². The minimum Gasteiger partial charge on any atom is -0.497 e. The molecule has 5 nitrogen and oxygen atoms in total. The van der Waals surface area contributed by atoms with Crippen LogP contribution in [0.25, 0.3) is 0 Å². The minimum absolute atomic E-state index is 0.0550. The van der Waals surface area contributed by atoms with Crippen molar-refractivity contribution in [1.29, 1.82) is 0 Å². The molecular weight excluding hydrogens is 294 g/mol. The fraction of sp³-hybridized carbons (Fsp3) is 0.556. The van der Waals surface area contributed by atoms with Crippen LogP contribution in [0.15, 0.2) is 24.3 Å². The highest BCUT2D eigenvalue weighted by Crippen LogP contribution is 2.49. The van der Waals surface area contributed by atoms with Crippen LogP contribution in [0.4, 0.5) is 0 Å². The van der Waals surface area contributed by atoms with E-state index in [9.17, 15) is 9.59 Å². The third-order valence-electron chi connectivity index (χ3n) is 4.99. The normalized spacial score (nSPS) is 24.2. The first-order chi connectivity index (χ1) is 11.1. The molecule has 0 aromatic heterocycles. The number of nitrogens with zero attached hydrogens (tertiary/aromatic N) is 1. The summed E-state index contributed by atoms with van der Waals surface area (Å²) >= 11 is 0. The zero-order valence-electron chi connectivity index (χ0n) is 13.7. The molecule has 1 saturated heterocycles. The Morgan fingerprint density at radius 2 is 1.74 bits per heavy atom. The number of rotatable bonds is 4. The lowest BCUT2D eigenvalue weighted by Crippen LogP contribution is -2.41. The smallest absolute Gasteiger partial charge is 0.308 e. The number of carbonyl (C=O) groups is 2. The highest BCUT2D eigenvalue weighted by molar-refractivity contribution is 5.83. The van der Waals surface area contributed by atoms with E-state index in [4.69, 9.17) is 9.47 Å². The van der Waals surface area contributed by atoms with Crippen molar-refractivity contribution in [2.45, 2.75) is 25.2 Å². The van der Waals surface area contributed by atoms with E-state index >= 15 is 0 Å². The van der Waals surface area contributed by atoms with Crippen LogP contribution in [0, 0.1) is 11.8 Å². The molecule has 124 valence electrons. The predicted octanol–water partition coefficient (Wildman–Crippen LogP) is 2.21. The average molecular weight is 317 g/mol.